The molecule has 35 heavy (non-hydrogen) atoms. The monoisotopic (exact) mass is 526 g/mol. The second kappa shape index (κ2) is 11.4. The number of morpholine rings is 1. The van der Waals surface area contributed by atoms with Crippen molar-refractivity contribution in [3.63, 3.8) is 0 Å². The van der Waals surface area contributed by atoms with Crippen LogP contribution in [0.25, 0.3) is 0 Å². The molecular formula is C23H25ClF2N4O4S. The van der Waals surface area contributed by atoms with Crippen LogP contribution >= 0.6 is 22.9 Å². The molecule has 4 rings (SSSR count). The van der Waals surface area contributed by atoms with Crippen LogP contribution in [0, 0.1) is 0 Å². The maximum Gasteiger partial charge on any atom is 0.265 e. The van der Waals surface area contributed by atoms with E-state index in [1.165, 1.54) is 23.1 Å². The van der Waals surface area contributed by atoms with Crippen LogP contribution in [0.1, 0.15) is 40.9 Å². The van der Waals surface area contributed by atoms with E-state index in [1.807, 2.05) is 0 Å². The van der Waals surface area contributed by atoms with Crippen molar-refractivity contribution in [1.29, 1.82) is 0 Å². The van der Waals surface area contributed by atoms with Crippen LogP contribution < -0.4 is 20.9 Å². The summed E-state index contributed by atoms with van der Waals surface area (Å²) in [6, 6.07) is 6.57. The third-order valence-electron chi connectivity index (χ3n) is 5.95. The summed E-state index contributed by atoms with van der Waals surface area (Å²) < 4.78 is 33.3. The molecule has 1 saturated heterocycles. The van der Waals surface area contributed by atoms with Gasteiger partial charge < -0.3 is 25.6 Å². The fourth-order valence-corrected chi connectivity index (χ4v) is 4.79. The Morgan fingerprint density at radius 2 is 2.03 bits per heavy atom. The summed E-state index contributed by atoms with van der Waals surface area (Å²) in [4.78, 5) is 39.4. The van der Waals surface area contributed by atoms with Gasteiger partial charge in [-0.05, 0) is 43.2 Å². The molecule has 12 heteroatoms. The van der Waals surface area contributed by atoms with E-state index < -0.39 is 23.9 Å². The first-order valence-electron chi connectivity index (χ1n) is 11.2. The summed E-state index contributed by atoms with van der Waals surface area (Å²) in [5, 5.41) is 8.49. The number of amides is 3. The second-order valence-electron chi connectivity index (χ2n) is 8.32. The quantitative estimate of drug-likeness (QED) is 0.464. The van der Waals surface area contributed by atoms with Crippen LogP contribution in [-0.4, -0.2) is 56.1 Å². The van der Waals surface area contributed by atoms with E-state index in [0.717, 1.165) is 30.6 Å². The lowest BCUT2D eigenvalue weighted by Gasteiger charge is -2.31. The van der Waals surface area contributed by atoms with E-state index in [9.17, 15) is 23.2 Å². The van der Waals surface area contributed by atoms with Gasteiger partial charge in [0.25, 0.3) is 18.2 Å². The van der Waals surface area contributed by atoms with Gasteiger partial charge in [0.1, 0.15) is 12.6 Å². The van der Waals surface area contributed by atoms with Gasteiger partial charge in [0.05, 0.1) is 15.8 Å². The minimum atomic E-state index is -2.87. The zero-order valence-electron chi connectivity index (χ0n) is 18.7. The maximum atomic E-state index is 13.9. The van der Waals surface area contributed by atoms with Gasteiger partial charge >= 0.3 is 0 Å². The number of hydrogen-bond donors (Lipinski definition) is 3. The average molecular weight is 527 g/mol. The second-order valence-corrected chi connectivity index (χ2v) is 10.0. The van der Waals surface area contributed by atoms with E-state index in [1.54, 1.807) is 12.1 Å². The third-order valence-corrected chi connectivity index (χ3v) is 7.18. The van der Waals surface area contributed by atoms with Crippen LogP contribution in [-0.2, 0) is 14.3 Å². The summed E-state index contributed by atoms with van der Waals surface area (Å²) in [6.07, 6.45) is -0.0581. The Labute approximate surface area is 210 Å². The molecule has 8 nitrogen and oxygen atoms in total. The number of halogens is 3. The zero-order valence-corrected chi connectivity index (χ0v) is 20.3. The van der Waals surface area contributed by atoms with E-state index >= 15 is 0 Å². The van der Waals surface area contributed by atoms with Gasteiger partial charge in [0.15, 0.2) is 0 Å². The molecule has 1 aromatic carbocycles. The van der Waals surface area contributed by atoms with Crippen molar-refractivity contribution in [2.24, 2.45) is 0 Å². The minimum Gasteiger partial charge on any atom is -0.370 e. The lowest BCUT2D eigenvalue weighted by atomic mass is 9.92. The summed E-state index contributed by atoms with van der Waals surface area (Å²) in [6.45, 7) is 0.434. The summed E-state index contributed by atoms with van der Waals surface area (Å²) in [5.41, 5.74) is -0.126. The van der Waals surface area contributed by atoms with Crippen LogP contribution in [0.5, 0.6) is 0 Å². The first kappa shape index (κ1) is 25.5. The lowest BCUT2D eigenvalue weighted by Crippen LogP contribution is -2.53. The Bertz CT molecular complexity index is 1100. The topological polar surface area (TPSA) is 99.8 Å². The van der Waals surface area contributed by atoms with Crippen molar-refractivity contribution in [3.8, 4) is 0 Å². The molecule has 2 aromatic rings. The summed E-state index contributed by atoms with van der Waals surface area (Å²) in [7, 11) is 0. The van der Waals surface area contributed by atoms with Gasteiger partial charge in [0, 0.05) is 36.1 Å². The Hall–Kier alpha value is -2.60. The van der Waals surface area contributed by atoms with Gasteiger partial charge in [-0.3, -0.25) is 14.4 Å². The Kier molecular flexibility index (Phi) is 8.32. The molecule has 1 atom stereocenters. The molecule has 2 aliphatic rings. The van der Waals surface area contributed by atoms with Crippen molar-refractivity contribution >= 4 is 52.0 Å². The van der Waals surface area contributed by atoms with Crippen LogP contribution in [0.15, 0.2) is 30.3 Å². The smallest absolute Gasteiger partial charge is 0.265 e. The standard InChI is InChI=1S/C23H25ClF2N4O4S/c24-19-7-6-18(35-19)23(33)27-11-17(28-13-2-1-3-13)22(32)29-16-5-4-14(10-15(16)21(25)26)30-8-9-34-12-20(30)31/h4-7,10,13,17,21,28H,1-3,8-9,11-12H2,(H,27,33)(H,29,32)/t17-/m1/s1. The largest absolute Gasteiger partial charge is 0.370 e. The molecule has 2 heterocycles. The molecule has 0 spiro atoms. The lowest BCUT2D eigenvalue weighted by molar-refractivity contribution is -0.125. The van der Waals surface area contributed by atoms with E-state index in [-0.39, 0.29) is 43.2 Å². The predicted octanol–water partition coefficient (Wildman–Crippen LogP) is 3.58. The molecule has 1 saturated carbocycles. The first-order valence-corrected chi connectivity index (χ1v) is 12.4. The Morgan fingerprint density at radius 1 is 1.23 bits per heavy atom. The Morgan fingerprint density at radius 3 is 2.66 bits per heavy atom. The highest BCUT2D eigenvalue weighted by molar-refractivity contribution is 7.18. The highest BCUT2D eigenvalue weighted by atomic mass is 35.5. The minimum absolute atomic E-state index is 0.0267. The van der Waals surface area contributed by atoms with Crippen molar-refractivity contribution in [2.75, 3.05) is 36.5 Å². The third kappa shape index (κ3) is 6.35. The van der Waals surface area contributed by atoms with Crippen molar-refractivity contribution in [3.05, 3.63) is 45.1 Å². The predicted molar refractivity (Wildman–Crippen MR) is 129 cm³/mol. The molecule has 188 valence electrons. The van der Waals surface area contributed by atoms with Gasteiger partial charge in [-0.25, -0.2) is 8.78 Å². The number of carbonyl (C=O) groups excluding carboxylic acids is 3. The van der Waals surface area contributed by atoms with Crippen molar-refractivity contribution in [1.82, 2.24) is 10.6 Å². The number of rotatable bonds is 9. The highest BCUT2D eigenvalue weighted by Gasteiger charge is 2.28. The summed E-state index contributed by atoms with van der Waals surface area (Å²) in [5.74, 6) is -1.23. The van der Waals surface area contributed by atoms with Gasteiger partial charge in [-0.15, -0.1) is 11.3 Å². The molecule has 1 aromatic heterocycles. The fraction of sp³-hybridized carbons (Fsp3) is 0.435. The molecule has 2 fully saturated rings. The zero-order chi connectivity index (χ0) is 24.9. The fourth-order valence-electron chi connectivity index (χ4n) is 3.83. The number of hydrogen-bond acceptors (Lipinski definition) is 6. The number of anilines is 2. The molecule has 3 amide bonds. The van der Waals surface area contributed by atoms with Crippen LogP contribution in [0.2, 0.25) is 4.34 Å². The Balaban J connectivity index is 1.47. The SMILES string of the molecule is O=C(NC[C@@H](NC1CCC1)C(=O)Nc1ccc(N2CCOCC2=O)cc1C(F)F)c1ccc(Cl)s1. The van der Waals surface area contributed by atoms with Crippen LogP contribution in [0.3, 0.4) is 0 Å². The van der Waals surface area contributed by atoms with E-state index in [0.29, 0.717) is 21.5 Å². The molecule has 0 unspecified atom stereocenters. The molecule has 0 radical (unpaired) electrons. The number of nitrogens with one attached hydrogen (secondary N) is 3. The number of nitrogens with zero attached hydrogens (tertiary/aromatic N) is 1. The molecule has 1 aliphatic heterocycles. The van der Waals surface area contributed by atoms with Gasteiger partial charge in [-0.1, -0.05) is 18.0 Å². The number of thiophene rings is 1. The normalized spacial score (nSPS) is 17.3. The highest BCUT2D eigenvalue weighted by Crippen LogP contribution is 2.32. The van der Waals surface area contributed by atoms with Gasteiger partial charge in [0.2, 0.25) is 5.91 Å². The molecule has 1 aliphatic carbocycles. The van der Waals surface area contributed by atoms with Crippen LogP contribution in [0.4, 0.5) is 20.2 Å². The number of carbonyl (C=O) groups is 3. The number of benzene rings is 1. The van der Waals surface area contributed by atoms with Crippen molar-refractivity contribution < 1.29 is 27.9 Å². The van der Waals surface area contributed by atoms with Gasteiger partial charge in [-0.2, -0.15) is 0 Å². The molecule has 0 bridgehead atoms. The number of ether oxygens (including phenoxy) is 1. The first-order chi connectivity index (χ1) is 16.8. The summed E-state index contributed by atoms with van der Waals surface area (Å²) >= 11 is 7.00. The van der Waals surface area contributed by atoms with E-state index in [4.69, 9.17) is 16.3 Å². The molecular weight excluding hydrogens is 502 g/mol. The van der Waals surface area contributed by atoms with E-state index in [2.05, 4.69) is 16.0 Å². The maximum absolute atomic E-state index is 13.9. The average Bonchev–Trinajstić information content (AvgIpc) is 3.24. The number of alkyl halides is 2. The van der Waals surface area contributed by atoms with Crippen molar-refractivity contribution in [2.45, 2.75) is 37.8 Å². The molecule has 3 N–H and O–H groups in total.